The second-order valence-electron chi connectivity index (χ2n) is 17.5. The second-order valence-corrected chi connectivity index (χ2v) is 43.9. The van der Waals surface area contributed by atoms with Gasteiger partial charge in [-0.05, 0) is 146 Å². The number of halogens is 12. The Balaban J connectivity index is 0.000000575. The first-order valence-corrected chi connectivity index (χ1v) is 62.2. The van der Waals surface area contributed by atoms with Crippen LogP contribution in [-0.4, -0.2) is 127 Å². The van der Waals surface area contributed by atoms with Crippen LogP contribution in [0.2, 0.25) is 0 Å². The summed E-state index contributed by atoms with van der Waals surface area (Å²) in [5.41, 5.74) is 0. The standard InChI is InChI=1S/6C12H10I.6FH.12O.6Sb.6H/c6*1-3-7-11(8-4-1)13-12-9-5-2-6-10-12;;;;;;;;;;;;;;;;;;;;;;;;;;;;;;/h6*1-10H;6*1H;;;;;;;;;;;;;;;;;;;;;;;;/q6*+1;;;;;;;;;;;;;6*-1;6*+1;;;;;;/p-6. The van der Waals surface area contributed by atoms with Crippen LogP contribution in [0.15, 0.2) is 364 Å². The van der Waals surface area contributed by atoms with E-state index >= 15 is 0 Å². The molecule has 0 saturated heterocycles. The molecule has 6 atom stereocenters. The van der Waals surface area contributed by atoms with Crippen LogP contribution >= 0.6 is 0 Å². The summed E-state index contributed by atoms with van der Waals surface area (Å²) in [7, 11) is 0. The van der Waals surface area contributed by atoms with Gasteiger partial charge >= 0.3 is 310 Å². The summed E-state index contributed by atoms with van der Waals surface area (Å²) in [4.78, 5) is 0. The fraction of sp³-hybridized carbons (Fsp3) is 0. The molecule has 0 fully saturated rings. The summed E-state index contributed by atoms with van der Waals surface area (Å²) < 4.78 is 180. The van der Waals surface area contributed by atoms with Gasteiger partial charge in [0, 0.05) is 0 Å². The normalized spacial score (nSPS) is 11.2. The fourth-order valence-electron chi connectivity index (χ4n) is 6.49. The summed E-state index contributed by atoms with van der Waals surface area (Å²) in [5.74, 6) is 0. The molecule has 12 nitrogen and oxygen atoms in total. The monoisotopic (exact) mass is 2720 g/mol. The third kappa shape index (κ3) is 66.3. The van der Waals surface area contributed by atoms with E-state index in [9.17, 15) is 16.9 Å². The van der Waals surface area contributed by atoms with E-state index in [0.29, 0.717) is 0 Å². The Morgan fingerprint density at radius 1 is 0.147 bits per heavy atom. The first-order valence-electron chi connectivity index (χ1n) is 28.8. The Morgan fingerprint density at radius 2 is 0.196 bits per heavy atom. The minimum absolute atomic E-state index is 0.0287. The fourth-order valence-corrected chi connectivity index (χ4v) is 20.1. The first-order chi connectivity index (χ1) is 49.1. The molecule has 0 spiro atoms. The van der Waals surface area contributed by atoms with Gasteiger partial charge in [0.2, 0.25) is 0 Å². The molecule has 30 heteroatoms. The maximum absolute atomic E-state index is 10.1. The van der Waals surface area contributed by atoms with E-state index < -0.39 is 127 Å². The van der Waals surface area contributed by atoms with Crippen molar-refractivity contribution in [1.82, 2.24) is 0 Å². The predicted molar refractivity (Wildman–Crippen MR) is 355 cm³/mol. The van der Waals surface area contributed by atoms with Crippen LogP contribution in [0.3, 0.4) is 0 Å². The molecule has 0 radical (unpaired) electrons. The molecule has 0 saturated carbocycles. The second kappa shape index (κ2) is 68.3. The Kier molecular flexibility index (Phi) is 65.7. The minimum Gasteiger partial charge on any atom is -0.0619 e. The van der Waals surface area contributed by atoms with Crippen molar-refractivity contribution >= 4 is 127 Å². The molecular formula is C72H66F6I6O12Sb6. The van der Waals surface area contributed by atoms with Crippen LogP contribution in [0.5, 0.6) is 0 Å². The van der Waals surface area contributed by atoms with Crippen LogP contribution in [0.25, 0.3) is 0 Å². The van der Waals surface area contributed by atoms with Gasteiger partial charge in [-0.2, -0.15) is 0 Å². The predicted octanol–water partition coefficient (Wildman–Crippen LogP) is -10.3. The topological polar surface area (TPSA) is 241 Å². The van der Waals surface area contributed by atoms with E-state index in [1.165, 1.54) is 42.8 Å². The summed E-state index contributed by atoms with van der Waals surface area (Å²) in [6.45, 7) is 0. The van der Waals surface area contributed by atoms with Crippen LogP contribution in [0.1, 0.15) is 0 Å². The van der Waals surface area contributed by atoms with Gasteiger partial charge in [0.25, 0.3) is 0 Å². The van der Waals surface area contributed by atoms with Crippen molar-refractivity contribution in [3.63, 3.8) is 0 Å². The Labute approximate surface area is 704 Å². The molecule has 102 heavy (non-hydrogen) atoms. The van der Waals surface area contributed by atoms with E-state index in [2.05, 4.69) is 364 Å². The van der Waals surface area contributed by atoms with Crippen LogP contribution in [-0.2, 0) is 18.1 Å². The Bertz CT molecular complexity index is 3140. The van der Waals surface area contributed by atoms with Crippen molar-refractivity contribution in [1.29, 1.82) is 0 Å². The zero-order chi connectivity index (χ0) is 75.1. The number of hydrogen-bond donors (Lipinski definition) is 0. The zero-order valence-electron chi connectivity index (χ0n) is 53.1. The Morgan fingerprint density at radius 3 is 0.245 bits per heavy atom. The SMILES string of the molecule is [O]=[SbH]([O-])[F].[O]=[SbH]([O-])[F].[O]=[SbH]([O-])[F].[O]=[SbH]([O-])[F].[O]=[SbH]([O-])[F].[O]=[SbH]([O-])[F].c1ccc([I+]c2ccccc2)cc1.c1ccc([I+]c2ccccc2)cc1.c1ccc([I+]c2ccccc2)cc1.c1ccc([I+]c2ccccc2)cc1.c1ccc([I+]c2ccccc2)cc1.c1ccc([I+]c2ccccc2)cc1. The molecule has 0 heterocycles. The van der Waals surface area contributed by atoms with Crippen LogP contribution in [0.4, 0.5) is 16.9 Å². The molecule has 0 amide bonds. The van der Waals surface area contributed by atoms with E-state index in [-0.39, 0.29) is 127 Å². The molecule has 0 aliphatic heterocycles. The van der Waals surface area contributed by atoms with Crippen LogP contribution in [0, 0.1) is 42.8 Å². The van der Waals surface area contributed by atoms with Crippen LogP contribution < -0.4 is 148 Å². The minimum atomic E-state index is -4.54. The molecule has 6 unspecified atom stereocenters. The van der Waals surface area contributed by atoms with Gasteiger partial charge < -0.3 is 0 Å². The molecule has 12 aromatic carbocycles. The van der Waals surface area contributed by atoms with Crippen molar-refractivity contribution in [2.75, 3.05) is 0 Å². The molecule has 0 aliphatic rings. The van der Waals surface area contributed by atoms with Gasteiger partial charge in [0.05, 0.1) is 0 Å². The molecule has 0 N–H and O–H groups in total. The molecule has 0 aliphatic carbocycles. The summed E-state index contributed by atoms with van der Waals surface area (Å²) in [5, 5.41) is 0. The smallest absolute Gasteiger partial charge is 0.0619 e. The maximum atomic E-state index is 10.1. The van der Waals surface area contributed by atoms with Crippen molar-refractivity contribution in [3.8, 4) is 0 Å². The third-order valence-electron chi connectivity index (χ3n) is 10.1. The summed E-state index contributed by atoms with van der Waals surface area (Å²) in [6.07, 6.45) is 0. The average Bonchev–Trinajstić information content (AvgIpc) is 1.50. The van der Waals surface area contributed by atoms with Gasteiger partial charge in [0.1, 0.15) is 0 Å². The van der Waals surface area contributed by atoms with Crippen molar-refractivity contribution in [2.24, 2.45) is 0 Å². The van der Waals surface area contributed by atoms with Gasteiger partial charge in [-0.1, -0.05) is 218 Å². The molecule has 0 aromatic heterocycles. The Hall–Kier alpha value is -1.93. The van der Waals surface area contributed by atoms with E-state index in [4.69, 9.17) is 38.4 Å². The van der Waals surface area contributed by atoms with E-state index in [0.717, 1.165) is 0 Å². The number of rotatable bonds is 12. The first kappa shape index (κ1) is 98.1. The average molecular weight is 2730 g/mol. The van der Waals surface area contributed by atoms with Gasteiger partial charge in [-0.3, -0.25) is 0 Å². The molecule has 12 rings (SSSR count). The maximum Gasteiger partial charge on any atom is 0.357 e. The quantitative estimate of drug-likeness (QED) is 0.0630. The van der Waals surface area contributed by atoms with Gasteiger partial charge in [-0.15, -0.1) is 0 Å². The van der Waals surface area contributed by atoms with Crippen molar-refractivity contribution < 1.29 is 183 Å². The number of benzene rings is 12. The molecule has 0 bridgehead atoms. The van der Waals surface area contributed by atoms with E-state index in [1.54, 1.807) is 0 Å². The van der Waals surface area contributed by atoms with Crippen molar-refractivity contribution in [3.05, 3.63) is 407 Å². The van der Waals surface area contributed by atoms with E-state index in [1.807, 2.05) is 0 Å². The zero-order valence-corrected chi connectivity index (χ0v) is 83.1. The molecule has 540 valence electrons. The molecular weight excluding hydrogens is 2660 g/mol. The number of hydrogen-bond acceptors (Lipinski definition) is 12. The molecule has 12 aromatic rings. The largest absolute Gasteiger partial charge is 0.357 e. The summed E-state index contributed by atoms with van der Waals surface area (Å²) in [6, 6.07) is 128. The third-order valence-corrected chi connectivity index (χ3v) is 26.2. The van der Waals surface area contributed by atoms with Crippen molar-refractivity contribution in [2.45, 2.75) is 0 Å². The summed E-state index contributed by atoms with van der Waals surface area (Å²) >= 11 is -27.1. The van der Waals surface area contributed by atoms with Gasteiger partial charge in [0.15, 0.2) is 42.8 Å². The van der Waals surface area contributed by atoms with Gasteiger partial charge in [-0.25, -0.2) is 0 Å².